The highest BCUT2D eigenvalue weighted by atomic mass is 19.1. The second-order valence-corrected chi connectivity index (χ2v) is 5.36. The Morgan fingerprint density at radius 3 is 2.86 bits per heavy atom. The van der Waals surface area contributed by atoms with Crippen LogP contribution in [0.15, 0.2) is 18.2 Å². The number of benzene rings is 1. The van der Waals surface area contributed by atoms with E-state index in [1.54, 1.807) is 6.07 Å². The number of aliphatic carboxylic acids is 1. The number of carboxylic acids is 1. The zero-order valence-corrected chi connectivity index (χ0v) is 11.8. The van der Waals surface area contributed by atoms with E-state index in [2.05, 4.69) is 5.32 Å². The highest BCUT2D eigenvalue weighted by Crippen LogP contribution is 2.31. The summed E-state index contributed by atoms with van der Waals surface area (Å²) in [6.07, 6.45) is 1.33. The molecular weight excluding hydrogens is 277 g/mol. The van der Waals surface area contributed by atoms with Crippen LogP contribution in [0.3, 0.4) is 0 Å². The van der Waals surface area contributed by atoms with Crippen molar-refractivity contribution in [2.75, 3.05) is 7.11 Å². The van der Waals surface area contributed by atoms with Crippen molar-refractivity contribution in [1.29, 1.82) is 0 Å². The van der Waals surface area contributed by atoms with Crippen LogP contribution in [0.1, 0.15) is 31.2 Å². The number of carbonyl (C=O) groups is 2. The number of carboxylic acid groups (broad SMARTS) is 1. The lowest BCUT2D eigenvalue weighted by Gasteiger charge is -2.29. The number of ether oxygens (including phenoxy) is 1. The molecular formula is C15H18FNO4. The van der Waals surface area contributed by atoms with Gasteiger partial charge in [0.1, 0.15) is 11.6 Å². The smallest absolute Gasteiger partial charge is 0.303 e. The molecule has 1 aromatic carbocycles. The van der Waals surface area contributed by atoms with Gasteiger partial charge in [-0.05, 0) is 43.0 Å². The van der Waals surface area contributed by atoms with Crippen molar-refractivity contribution in [1.82, 2.24) is 5.32 Å². The number of hydrogen-bond acceptors (Lipinski definition) is 3. The first-order valence-corrected chi connectivity index (χ1v) is 6.79. The van der Waals surface area contributed by atoms with Gasteiger partial charge in [0.05, 0.1) is 7.11 Å². The molecule has 2 rings (SSSR count). The van der Waals surface area contributed by atoms with Gasteiger partial charge in [0.25, 0.3) is 0 Å². The minimum atomic E-state index is -0.929. The van der Waals surface area contributed by atoms with Crippen molar-refractivity contribution < 1.29 is 23.8 Å². The molecule has 6 heteroatoms. The molecule has 0 bridgehead atoms. The van der Waals surface area contributed by atoms with Crippen LogP contribution in [-0.2, 0) is 16.0 Å². The average Bonchev–Trinajstić information content (AvgIpc) is 2.81. The summed E-state index contributed by atoms with van der Waals surface area (Å²) in [5.41, 5.74) is -0.273. The van der Waals surface area contributed by atoms with E-state index in [9.17, 15) is 14.0 Å². The van der Waals surface area contributed by atoms with Crippen LogP contribution < -0.4 is 10.1 Å². The number of methoxy groups -OCH3 is 1. The van der Waals surface area contributed by atoms with Crippen LogP contribution in [0.5, 0.6) is 5.75 Å². The topological polar surface area (TPSA) is 75.6 Å². The molecule has 1 heterocycles. The van der Waals surface area contributed by atoms with Crippen molar-refractivity contribution in [3.63, 3.8) is 0 Å². The van der Waals surface area contributed by atoms with Gasteiger partial charge in [-0.2, -0.15) is 0 Å². The van der Waals surface area contributed by atoms with E-state index in [0.29, 0.717) is 24.2 Å². The second kappa shape index (κ2) is 6.11. The van der Waals surface area contributed by atoms with E-state index in [1.165, 1.54) is 19.2 Å². The molecule has 0 radical (unpaired) electrons. The summed E-state index contributed by atoms with van der Waals surface area (Å²) in [7, 11) is 1.49. The average molecular weight is 295 g/mol. The Labute approximate surface area is 122 Å². The monoisotopic (exact) mass is 295 g/mol. The van der Waals surface area contributed by atoms with Gasteiger partial charge in [-0.3, -0.25) is 9.59 Å². The Hall–Kier alpha value is -2.11. The van der Waals surface area contributed by atoms with Crippen LogP contribution in [0.25, 0.3) is 0 Å². The standard InChI is InChI=1S/C15H18FNO4/c1-21-11-2-3-12(16)10(8-11)9-15(7-5-14(19)20)6-4-13(18)17-15/h2-3,8H,4-7,9H2,1H3,(H,17,18)(H,19,20). The largest absolute Gasteiger partial charge is 0.497 e. The maximum Gasteiger partial charge on any atom is 0.303 e. The van der Waals surface area contributed by atoms with Gasteiger partial charge < -0.3 is 15.2 Å². The molecule has 0 spiro atoms. The molecule has 1 aliphatic heterocycles. The second-order valence-electron chi connectivity index (χ2n) is 5.36. The molecule has 2 N–H and O–H groups in total. The van der Waals surface area contributed by atoms with E-state index in [0.717, 1.165) is 0 Å². The van der Waals surface area contributed by atoms with Crippen LogP contribution in [0.4, 0.5) is 4.39 Å². The Bertz CT molecular complexity index is 561. The summed E-state index contributed by atoms with van der Waals surface area (Å²) in [6, 6.07) is 4.42. The summed E-state index contributed by atoms with van der Waals surface area (Å²) in [6.45, 7) is 0. The van der Waals surface area contributed by atoms with Crippen molar-refractivity contribution in [2.24, 2.45) is 0 Å². The van der Waals surface area contributed by atoms with Crippen molar-refractivity contribution >= 4 is 11.9 Å². The molecule has 114 valence electrons. The van der Waals surface area contributed by atoms with Gasteiger partial charge in [-0.25, -0.2) is 4.39 Å². The molecule has 1 fully saturated rings. The first-order chi connectivity index (χ1) is 9.94. The lowest BCUT2D eigenvalue weighted by molar-refractivity contribution is -0.137. The Balaban J connectivity index is 2.22. The number of carbonyl (C=O) groups excluding carboxylic acids is 1. The maximum atomic E-state index is 13.9. The normalized spacial score (nSPS) is 21.1. The molecule has 1 amide bonds. The van der Waals surface area contributed by atoms with Crippen LogP contribution >= 0.6 is 0 Å². The summed E-state index contributed by atoms with van der Waals surface area (Å²) >= 11 is 0. The Kier molecular flexibility index (Phi) is 4.45. The summed E-state index contributed by atoms with van der Waals surface area (Å²) in [5, 5.41) is 11.7. The number of halogens is 1. The number of nitrogens with one attached hydrogen (secondary N) is 1. The molecule has 21 heavy (non-hydrogen) atoms. The zero-order chi connectivity index (χ0) is 15.5. The van der Waals surface area contributed by atoms with Crippen molar-refractivity contribution in [3.8, 4) is 5.75 Å². The molecule has 1 atom stereocenters. The third-order valence-electron chi connectivity index (χ3n) is 3.83. The fraction of sp³-hybridized carbons (Fsp3) is 0.467. The maximum absolute atomic E-state index is 13.9. The summed E-state index contributed by atoms with van der Waals surface area (Å²) in [5.74, 6) is -0.902. The predicted octanol–water partition coefficient (Wildman–Crippen LogP) is 1.89. The minimum absolute atomic E-state index is 0.0636. The van der Waals surface area contributed by atoms with Crippen LogP contribution in [-0.4, -0.2) is 29.6 Å². The fourth-order valence-electron chi connectivity index (χ4n) is 2.71. The third-order valence-corrected chi connectivity index (χ3v) is 3.83. The van der Waals surface area contributed by atoms with Gasteiger partial charge in [0.2, 0.25) is 5.91 Å². The first kappa shape index (κ1) is 15.3. The zero-order valence-electron chi connectivity index (χ0n) is 11.8. The molecule has 1 aromatic rings. The SMILES string of the molecule is COc1ccc(F)c(CC2(CCC(=O)O)CCC(=O)N2)c1. The number of rotatable bonds is 6. The molecule has 0 aliphatic carbocycles. The number of amides is 1. The van der Waals surface area contributed by atoms with Gasteiger partial charge in [0.15, 0.2) is 0 Å². The lowest BCUT2D eigenvalue weighted by Crippen LogP contribution is -2.44. The summed E-state index contributed by atoms with van der Waals surface area (Å²) < 4.78 is 19.0. The van der Waals surface area contributed by atoms with E-state index in [1.807, 2.05) is 0 Å². The van der Waals surface area contributed by atoms with E-state index in [-0.39, 0.29) is 31.0 Å². The van der Waals surface area contributed by atoms with Crippen molar-refractivity contribution in [2.45, 2.75) is 37.6 Å². The van der Waals surface area contributed by atoms with Gasteiger partial charge in [-0.1, -0.05) is 0 Å². The fourth-order valence-corrected chi connectivity index (χ4v) is 2.71. The Morgan fingerprint density at radius 2 is 2.29 bits per heavy atom. The number of hydrogen-bond donors (Lipinski definition) is 2. The molecule has 0 saturated carbocycles. The molecule has 0 aromatic heterocycles. The van der Waals surface area contributed by atoms with Gasteiger partial charge in [-0.15, -0.1) is 0 Å². The van der Waals surface area contributed by atoms with Gasteiger partial charge >= 0.3 is 5.97 Å². The predicted molar refractivity (Wildman–Crippen MR) is 73.6 cm³/mol. The summed E-state index contributed by atoms with van der Waals surface area (Å²) in [4.78, 5) is 22.3. The molecule has 1 aliphatic rings. The van der Waals surface area contributed by atoms with Crippen LogP contribution in [0.2, 0.25) is 0 Å². The minimum Gasteiger partial charge on any atom is -0.497 e. The van der Waals surface area contributed by atoms with Gasteiger partial charge in [0, 0.05) is 18.4 Å². The molecule has 1 saturated heterocycles. The molecule has 5 nitrogen and oxygen atoms in total. The van der Waals surface area contributed by atoms with E-state index >= 15 is 0 Å². The van der Waals surface area contributed by atoms with Crippen LogP contribution in [0, 0.1) is 5.82 Å². The Morgan fingerprint density at radius 1 is 1.52 bits per heavy atom. The van der Waals surface area contributed by atoms with E-state index in [4.69, 9.17) is 9.84 Å². The quantitative estimate of drug-likeness (QED) is 0.840. The highest BCUT2D eigenvalue weighted by Gasteiger charge is 2.38. The van der Waals surface area contributed by atoms with E-state index < -0.39 is 11.5 Å². The van der Waals surface area contributed by atoms with Crippen molar-refractivity contribution in [3.05, 3.63) is 29.6 Å². The molecule has 1 unspecified atom stereocenters. The highest BCUT2D eigenvalue weighted by molar-refractivity contribution is 5.79. The third kappa shape index (κ3) is 3.71. The first-order valence-electron chi connectivity index (χ1n) is 6.79. The lowest BCUT2D eigenvalue weighted by atomic mass is 9.85.